The number of hydrogen-bond acceptors (Lipinski definition) is 4. The molecule has 148 valence electrons. The zero-order valence-corrected chi connectivity index (χ0v) is 16.4. The number of methoxy groups -OCH3 is 1. The number of nitrogens with one attached hydrogen (secondary N) is 1. The molecule has 6 nitrogen and oxygen atoms in total. The molecule has 1 aliphatic rings. The second-order valence-corrected chi connectivity index (χ2v) is 6.73. The Kier molecular flexibility index (Phi) is 6.53. The van der Waals surface area contributed by atoms with Crippen molar-refractivity contribution >= 4 is 17.5 Å². The smallest absolute Gasteiger partial charge is 0.255 e. The number of carbonyl (C=O) groups is 2. The molecule has 0 aliphatic carbocycles. The molecular formula is C22H26N2O4. The molecule has 2 amide bonds. The number of nitrogens with zero attached hydrogens (tertiary/aromatic N) is 1. The van der Waals surface area contributed by atoms with Crippen molar-refractivity contribution in [1.29, 1.82) is 0 Å². The SMILES string of the molecule is CCOc1cc(C(=O)Nc2cccc(CN3CCCCC3=O)c2)ccc1OC. The van der Waals surface area contributed by atoms with Crippen molar-refractivity contribution in [1.82, 2.24) is 4.90 Å². The molecule has 0 bridgehead atoms. The van der Waals surface area contributed by atoms with Crippen LogP contribution in [-0.4, -0.2) is 37.0 Å². The largest absolute Gasteiger partial charge is 0.493 e. The lowest BCUT2D eigenvalue weighted by molar-refractivity contribution is -0.133. The molecule has 0 aromatic heterocycles. The lowest BCUT2D eigenvalue weighted by Gasteiger charge is -2.26. The highest BCUT2D eigenvalue weighted by molar-refractivity contribution is 6.04. The second kappa shape index (κ2) is 9.26. The summed E-state index contributed by atoms with van der Waals surface area (Å²) in [7, 11) is 1.57. The van der Waals surface area contributed by atoms with Crippen LogP contribution in [0.15, 0.2) is 42.5 Å². The number of carbonyl (C=O) groups excluding carboxylic acids is 2. The highest BCUT2D eigenvalue weighted by Crippen LogP contribution is 2.28. The lowest BCUT2D eigenvalue weighted by Crippen LogP contribution is -2.34. The Hall–Kier alpha value is -3.02. The monoisotopic (exact) mass is 382 g/mol. The van der Waals surface area contributed by atoms with Crippen LogP contribution < -0.4 is 14.8 Å². The molecule has 0 atom stereocenters. The predicted octanol–water partition coefficient (Wildman–Crippen LogP) is 3.86. The molecule has 0 saturated carbocycles. The number of piperidine rings is 1. The number of amides is 2. The van der Waals surface area contributed by atoms with E-state index in [-0.39, 0.29) is 11.8 Å². The third-order valence-corrected chi connectivity index (χ3v) is 4.71. The number of ether oxygens (including phenoxy) is 2. The lowest BCUT2D eigenvalue weighted by atomic mass is 10.1. The topological polar surface area (TPSA) is 67.9 Å². The van der Waals surface area contributed by atoms with Crippen LogP contribution in [0.5, 0.6) is 11.5 Å². The second-order valence-electron chi connectivity index (χ2n) is 6.73. The summed E-state index contributed by atoms with van der Waals surface area (Å²) in [6, 6.07) is 12.7. The maximum absolute atomic E-state index is 12.7. The summed E-state index contributed by atoms with van der Waals surface area (Å²) in [5.74, 6) is 1.10. The molecule has 0 unspecified atom stereocenters. The van der Waals surface area contributed by atoms with Gasteiger partial charge in [-0.05, 0) is 55.7 Å². The van der Waals surface area contributed by atoms with E-state index in [9.17, 15) is 9.59 Å². The van der Waals surface area contributed by atoms with Crippen molar-refractivity contribution in [3.8, 4) is 11.5 Å². The van der Waals surface area contributed by atoms with Gasteiger partial charge in [-0.15, -0.1) is 0 Å². The Morgan fingerprint density at radius 3 is 2.75 bits per heavy atom. The Balaban J connectivity index is 1.70. The third-order valence-electron chi connectivity index (χ3n) is 4.71. The first kappa shape index (κ1) is 19.7. The summed E-state index contributed by atoms with van der Waals surface area (Å²) in [4.78, 5) is 26.5. The minimum atomic E-state index is -0.227. The third kappa shape index (κ3) is 4.82. The average Bonchev–Trinajstić information content (AvgIpc) is 2.70. The fourth-order valence-electron chi connectivity index (χ4n) is 3.29. The van der Waals surface area contributed by atoms with Gasteiger partial charge in [0, 0.05) is 30.8 Å². The van der Waals surface area contributed by atoms with Crippen molar-refractivity contribution in [2.24, 2.45) is 0 Å². The van der Waals surface area contributed by atoms with Crippen LogP contribution in [0, 0.1) is 0 Å². The summed E-state index contributed by atoms with van der Waals surface area (Å²) in [5, 5.41) is 2.92. The molecule has 1 saturated heterocycles. The van der Waals surface area contributed by atoms with Crippen molar-refractivity contribution in [3.05, 3.63) is 53.6 Å². The van der Waals surface area contributed by atoms with E-state index in [0.717, 1.165) is 24.9 Å². The first-order valence-corrected chi connectivity index (χ1v) is 9.59. The van der Waals surface area contributed by atoms with Crippen LogP contribution in [0.4, 0.5) is 5.69 Å². The first-order chi connectivity index (χ1) is 13.6. The van der Waals surface area contributed by atoms with E-state index < -0.39 is 0 Å². The molecule has 1 heterocycles. The normalized spacial score (nSPS) is 13.9. The van der Waals surface area contributed by atoms with Gasteiger partial charge in [-0.25, -0.2) is 0 Å². The van der Waals surface area contributed by atoms with Gasteiger partial charge in [-0.3, -0.25) is 9.59 Å². The number of anilines is 1. The molecular weight excluding hydrogens is 356 g/mol. The highest BCUT2D eigenvalue weighted by atomic mass is 16.5. The maximum Gasteiger partial charge on any atom is 0.255 e. The number of benzene rings is 2. The van der Waals surface area contributed by atoms with Gasteiger partial charge in [0.15, 0.2) is 11.5 Å². The van der Waals surface area contributed by atoms with E-state index in [1.165, 1.54) is 0 Å². The molecule has 2 aromatic carbocycles. The van der Waals surface area contributed by atoms with Crippen LogP contribution in [0.25, 0.3) is 0 Å². The number of rotatable bonds is 7. The Bertz CT molecular complexity index is 850. The van der Waals surface area contributed by atoms with Gasteiger partial charge < -0.3 is 19.7 Å². The Labute approximate surface area is 165 Å². The van der Waals surface area contributed by atoms with Crippen molar-refractivity contribution in [2.45, 2.75) is 32.7 Å². The Morgan fingerprint density at radius 1 is 1.14 bits per heavy atom. The Morgan fingerprint density at radius 2 is 2.00 bits per heavy atom. The first-order valence-electron chi connectivity index (χ1n) is 9.59. The van der Waals surface area contributed by atoms with Gasteiger partial charge in [-0.1, -0.05) is 12.1 Å². The molecule has 1 fully saturated rings. The quantitative estimate of drug-likeness (QED) is 0.790. The van der Waals surface area contributed by atoms with E-state index >= 15 is 0 Å². The predicted molar refractivity (Wildman–Crippen MR) is 108 cm³/mol. The average molecular weight is 382 g/mol. The van der Waals surface area contributed by atoms with Gasteiger partial charge in [0.2, 0.25) is 5.91 Å². The van der Waals surface area contributed by atoms with Gasteiger partial charge in [0.05, 0.1) is 13.7 Å². The van der Waals surface area contributed by atoms with Gasteiger partial charge in [0.25, 0.3) is 5.91 Å². The van der Waals surface area contributed by atoms with Gasteiger partial charge >= 0.3 is 0 Å². The van der Waals surface area contributed by atoms with E-state index in [2.05, 4.69) is 5.32 Å². The van der Waals surface area contributed by atoms with Gasteiger partial charge in [0.1, 0.15) is 0 Å². The zero-order chi connectivity index (χ0) is 19.9. The zero-order valence-electron chi connectivity index (χ0n) is 16.4. The van der Waals surface area contributed by atoms with Crippen LogP contribution in [-0.2, 0) is 11.3 Å². The van der Waals surface area contributed by atoms with E-state index in [4.69, 9.17) is 9.47 Å². The van der Waals surface area contributed by atoms with Crippen molar-refractivity contribution < 1.29 is 19.1 Å². The van der Waals surface area contributed by atoms with E-state index in [1.807, 2.05) is 36.1 Å². The molecule has 1 N–H and O–H groups in total. The fourth-order valence-corrected chi connectivity index (χ4v) is 3.29. The van der Waals surface area contributed by atoms with Crippen LogP contribution in [0.2, 0.25) is 0 Å². The summed E-state index contributed by atoms with van der Waals surface area (Å²) in [6.07, 6.45) is 2.63. The van der Waals surface area contributed by atoms with Gasteiger partial charge in [-0.2, -0.15) is 0 Å². The summed E-state index contributed by atoms with van der Waals surface area (Å²) in [5.41, 5.74) is 2.18. The highest BCUT2D eigenvalue weighted by Gasteiger charge is 2.18. The minimum absolute atomic E-state index is 0.197. The van der Waals surface area contributed by atoms with Crippen LogP contribution in [0.3, 0.4) is 0 Å². The molecule has 0 radical (unpaired) electrons. The number of hydrogen-bond donors (Lipinski definition) is 1. The summed E-state index contributed by atoms with van der Waals surface area (Å²) < 4.78 is 10.8. The van der Waals surface area contributed by atoms with Crippen LogP contribution in [0.1, 0.15) is 42.1 Å². The van der Waals surface area contributed by atoms with Crippen LogP contribution >= 0.6 is 0 Å². The maximum atomic E-state index is 12.7. The standard InChI is InChI=1S/C22H26N2O4/c1-3-28-20-14-17(10-11-19(20)27-2)22(26)23-18-8-6-7-16(13-18)15-24-12-5-4-9-21(24)25/h6-8,10-11,13-14H,3-5,9,12,15H2,1-2H3,(H,23,26). The molecule has 2 aromatic rings. The summed E-state index contributed by atoms with van der Waals surface area (Å²) in [6.45, 7) is 3.73. The summed E-state index contributed by atoms with van der Waals surface area (Å²) >= 11 is 0. The minimum Gasteiger partial charge on any atom is -0.493 e. The molecule has 6 heteroatoms. The molecule has 1 aliphatic heterocycles. The molecule has 28 heavy (non-hydrogen) atoms. The van der Waals surface area contributed by atoms with E-state index in [1.54, 1.807) is 25.3 Å². The molecule has 3 rings (SSSR count). The van der Waals surface area contributed by atoms with Crippen molar-refractivity contribution in [2.75, 3.05) is 25.6 Å². The number of likely N-dealkylation sites (tertiary alicyclic amines) is 1. The van der Waals surface area contributed by atoms with Crippen molar-refractivity contribution in [3.63, 3.8) is 0 Å². The fraction of sp³-hybridized carbons (Fsp3) is 0.364. The molecule has 0 spiro atoms. The van der Waals surface area contributed by atoms with E-state index in [0.29, 0.717) is 42.3 Å².